The largest absolute Gasteiger partial charge is 0.314 e. The van der Waals surface area contributed by atoms with Gasteiger partial charge in [0.25, 0.3) is 0 Å². The van der Waals surface area contributed by atoms with E-state index in [1.165, 1.54) is 6.26 Å². The molecule has 1 aliphatic rings. The lowest BCUT2D eigenvalue weighted by atomic mass is 10.1. The maximum absolute atomic E-state index is 10.8. The van der Waals surface area contributed by atoms with Gasteiger partial charge in [-0.15, -0.1) is 6.42 Å². The van der Waals surface area contributed by atoms with E-state index >= 15 is 0 Å². The number of hydrogen-bond donors (Lipinski definition) is 2. The number of hydrogen-bond acceptors (Lipinski definition) is 4. The predicted octanol–water partition coefficient (Wildman–Crippen LogP) is -0.387. The van der Waals surface area contributed by atoms with E-state index in [0.29, 0.717) is 12.6 Å². The van der Waals surface area contributed by atoms with Gasteiger partial charge in [0, 0.05) is 25.7 Å². The van der Waals surface area contributed by atoms with E-state index in [1.807, 2.05) is 0 Å². The summed E-state index contributed by atoms with van der Waals surface area (Å²) in [6.45, 7) is 4.18. The summed E-state index contributed by atoms with van der Waals surface area (Å²) in [6, 6.07) is 0.539. The number of rotatable bonds is 7. The molecular weight excluding hydrogens is 250 g/mol. The molecule has 1 aliphatic heterocycles. The first-order chi connectivity index (χ1) is 8.51. The van der Waals surface area contributed by atoms with E-state index in [2.05, 4.69) is 20.9 Å². The van der Waals surface area contributed by atoms with Crippen LogP contribution in [0.3, 0.4) is 0 Å². The molecule has 0 amide bonds. The molecule has 5 nitrogen and oxygen atoms in total. The molecule has 0 aromatic rings. The van der Waals surface area contributed by atoms with Crippen molar-refractivity contribution in [2.24, 2.45) is 0 Å². The topological polar surface area (TPSA) is 61.4 Å². The fourth-order valence-electron chi connectivity index (χ4n) is 2.08. The van der Waals surface area contributed by atoms with Gasteiger partial charge in [0.1, 0.15) is 0 Å². The zero-order valence-electron chi connectivity index (χ0n) is 11.0. The molecule has 0 radical (unpaired) electrons. The van der Waals surface area contributed by atoms with Gasteiger partial charge in [-0.05, 0) is 25.8 Å². The third-order valence-corrected chi connectivity index (χ3v) is 3.78. The summed E-state index contributed by atoms with van der Waals surface area (Å²) in [7, 11) is -3.05. The molecule has 0 aromatic heterocycles. The average Bonchev–Trinajstić information content (AvgIpc) is 2.30. The quantitative estimate of drug-likeness (QED) is 0.490. The molecule has 0 spiro atoms. The molecule has 2 N–H and O–H groups in total. The van der Waals surface area contributed by atoms with Crippen molar-refractivity contribution in [1.82, 2.24) is 14.9 Å². The van der Waals surface area contributed by atoms with E-state index in [0.717, 1.165) is 45.4 Å². The van der Waals surface area contributed by atoms with Crippen LogP contribution >= 0.6 is 0 Å². The van der Waals surface area contributed by atoms with Crippen molar-refractivity contribution in [1.29, 1.82) is 0 Å². The Bertz CT molecular complexity index is 367. The molecule has 0 saturated carbocycles. The van der Waals surface area contributed by atoms with Crippen molar-refractivity contribution >= 4 is 10.0 Å². The minimum atomic E-state index is -3.05. The van der Waals surface area contributed by atoms with Crippen LogP contribution < -0.4 is 10.0 Å². The number of nitrogens with zero attached hydrogens (tertiary/aromatic N) is 1. The Morgan fingerprint density at radius 1 is 1.33 bits per heavy atom. The standard InChI is InChI=1S/C12H23N3O2S/c1-3-9-15-10-5-12(6-11-15)13-7-4-8-14-18(2,16)17/h1,12-14H,4-11H2,2H3. The Kier molecular flexibility index (Phi) is 6.65. The van der Waals surface area contributed by atoms with Gasteiger partial charge in [0.05, 0.1) is 12.8 Å². The highest BCUT2D eigenvalue weighted by Crippen LogP contribution is 2.09. The van der Waals surface area contributed by atoms with Gasteiger partial charge in [-0.2, -0.15) is 0 Å². The highest BCUT2D eigenvalue weighted by molar-refractivity contribution is 7.88. The van der Waals surface area contributed by atoms with Crippen molar-refractivity contribution < 1.29 is 8.42 Å². The molecule has 0 unspecified atom stereocenters. The summed E-state index contributed by atoms with van der Waals surface area (Å²) in [5.74, 6) is 2.67. The first kappa shape index (κ1) is 15.4. The molecule has 1 heterocycles. The third kappa shape index (κ3) is 6.97. The highest BCUT2D eigenvalue weighted by atomic mass is 32.2. The van der Waals surface area contributed by atoms with Crippen LogP contribution in [0.25, 0.3) is 0 Å². The van der Waals surface area contributed by atoms with Crippen molar-refractivity contribution in [3.8, 4) is 12.3 Å². The second-order valence-corrected chi connectivity index (χ2v) is 6.56. The van der Waals surface area contributed by atoms with Gasteiger partial charge in [-0.25, -0.2) is 13.1 Å². The molecule has 1 rings (SSSR count). The fraction of sp³-hybridized carbons (Fsp3) is 0.833. The van der Waals surface area contributed by atoms with Crippen LogP contribution in [0.5, 0.6) is 0 Å². The van der Waals surface area contributed by atoms with Crippen LogP contribution in [-0.2, 0) is 10.0 Å². The SMILES string of the molecule is C#CCN1CCC(NCCCNS(C)(=O)=O)CC1. The van der Waals surface area contributed by atoms with E-state index in [-0.39, 0.29) is 0 Å². The lowest BCUT2D eigenvalue weighted by Gasteiger charge is -2.31. The monoisotopic (exact) mass is 273 g/mol. The van der Waals surface area contributed by atoms with Crippen molar-refractivity contribution in [3.05, 3.63) is 0 Å². The van der Waals surface area contributed by atoms with Crippen LogP contribution in [0, 0.1) is 12.3 Å². The van der Waals surface area contributed by atoms with Gasteiger partial charge in [0.2, 0.25) is 10.0 Å². The van der Waals surface area contributed by atoms with Gasteiger partial charge in [0.15, 0.2) is 0 Å². The van der Waals surface area contributed by atoms with Crippen LogP contribution in [0.2, 0.25) is 0 Å². The van der Waals surface area contributed by atoms with Gasteiger partial charge >= 0.3 is 0 Å². The Hall–Kier alpha value is -0.610. The number of likely N-dealkylation sites (tertiary alicyclic amines) is 1. The first-order valence-electron chi connectivity index (χ1n) is 6.35. The van der Waals surface area contributed by atoms with Crippen molar-refractivity contribution in [2.45, 2.75) is 25.3 Å². The van der Waals surface area contributed by atoms with Crippen molar-refractivity contribution in [3.63, 3.8) is 0 Å². The Balaban J connectivity index is 2.03. The maximum atomic E-state index is 10.8. The lowest BCUT2D eigenvalue weighted by Crippen LogP contribution is -2.43. The van der Waals surface area contributed by atoms with Crippen molar-refractivity contribution in [2.75, 3.05) is 39.0 Å². The predicted molar refractivity (Wildman–Crippen MR) is 73.8 cm³/mol. The molecule has 0 aromatic carbocycles. The fourth-order valence-corrected chi connectivity index (χ4v) is 2.59. The maximum Gasteiger partial charge on any atom is 0.208 e. The Morgan fingerprint density at radius 2 is 2.00 bits per heavy atom. The van der Waals surface area contributed by atoms with Crippen LogP contribution in [0.1, 0.15) is 19.3 Å². The third-order valence-electron chi connectivity index (χ3n) is 3.05. The first-order valence-corrected chi connectivity index (χ1v) is 8.24. The Labute approximate surface area is 110 Å². The summed E-state index contributed by atoms with van der Waals surface area (Å²) in [5, 5.41) is 3.46. The molecule has 104 valence electrons. The summed E-state index contributed by atoms with van der Waals surface area (Å²) in [4.78, 5) is 2.28. The molecule has 0 atom stereocenters. The zero-order chi connectivity index (χ0) is 13.4. The van der Waals surface area contributed by atoms with E-state index in [9.17, 15) is 8.42 Å². The summed E-state index contributed by atoms with van der Waals surface area (Å²) < 4.78 is 24.2. The number of piperidine rings is 1. The van der Waals surface area contributed by atoms with E-state index < -0.39 is 10.0 Å². The molecule has 6 heteroatoms. The number of nitrogens with one attached hydrogen (secondary N) is 2. The second kappa shape index (κ2) is 7.74. The highest BCUT2D eigenvalue weighted by Gasteiger charge is 2.17. The summed E-state index contributed by atoms with van der Waals surface area (Å²) >= 11 is 0. The normalized spacial score (nSPS) is 18.7. The van der Waals surface area contributed by atoms with Gasteiger partial charge in [-0.1, -0.05) is 5.92 Å². The van der Waals surface area contributed by atoms with Crippen LogP contribution in [-0.4, -0.2) is 58.3 Å². The zero-order valence-corrected chi connectivity index (χ0v) is 11.8. The molecule has 1 saturated heterocycles. The van der Waals surface area contributed by atoms with E-state index in [1.54, 1.807) is 0 Å². The second-order valence-electron chi connectivity index (χ2n) is 4.73. The minimum Gasteiger partial charge on any atom is -0.314 e. The summed E-state index contributed by atoms with van der Waals surface area (Å²) in [6.07, 6.45) is 9.50. The molecule has 0 aliphatic carbocycles. The van der Waals surface area contributed by atoms with Crippen LogP contribution in [0.4, 0.5) is 0 Å². The van der Waals surface area contributed by atoms with Gasteiger partial charge in [-0.3, -0.25) is 4.90 Å². The summed E-state index contributed by atoms with van der Waals surface area (Å²) in [5.41, 5.74) is 0. The molecule has 0 bridgehead atoms. The van der Waals surface area contributed by atoms with Gasteiger partial charge < -0.3 is 5.32 Å². The molecule has 18 heavy (non-hydrogen) atoms. The molecule has 1 fully saturated rings. The average molecular weight is 273 g/mol. The van der Waals surface area contributed by atoms with E-state index in [4.69, 9.17) is 6.42 Å². The van der Waals surface area contributed by atoms with Crippen LogP contribution in [0.15, 0.2) is 0 Å². The minimum absolute atomic E-state index is 0.502. The molecular formula is C12H23N3O2S. The smallest absolute Gasteiger partial charge is 0.208 e. The number of terminal acetylenes is 1. The lowest BCUT2D eigenvalue weighted by molar-refractivity contribution is 0.218. The number of sulfonamides is 1. The Morgan fingerprint density at radius 3 is 2.56 bits per heavy atom.